The molecular formula is C9H10F3NO3. The number of esters is 1. The van der Waals surface area contributed by atoms with Crippen LogP contribution in [0.3, 0.4) is 0 Å². The van der Waals surface area contributed by atoms with Gasteiger partial charge in [-0.25, -0.2) is 4.79 Å². The molecule has 0 saturated carbocycles. The molecule has 0 amide bonds. The largest absolute Gasteiger partial charge is 0.490 e. The second kappa shape index (κ2) is 5.02. The van der Waals surface area contributed by atoms with Crippen LogP contribution in [0.4, 0.5) is 13.2 Å². The number of carbonyl (C=O) groups excluding carboxylic acids is 1. The predicted octanol–water partition coefficient (Wildman–Crippen LogP) is 1.25. The summed E-state index contributed by atoms with van der Waals surface area (Å²) in [6.07, 6.45) is -1.85. The Hall–Kier alpha value is -1.50. The molecule has 0 aromatic carbocycles. The monoisotopic (exact) mass is 237 g/mol. The average molecular weight is 237 g/mol. The highest BCUT2D eigenvalue weighted by Gasteiger charge is 2.41. The van der Waals surface area contributed by atoms with E-state index >= 15 is 0 Å². The molecule has 1 aromatic heterocycles. The Kier molecular flexibility index (Phi) is 3.94. The highest BCUT2D eigenvalue weighted by molar-refractivity contribution is 5.75. The van der Waals surface area contributed by atoms with Crippen LogP contribution in [-0.4, -0.2) is 24.8 Å². The van der Waals surface area contributed by atoms with Gasteiger partial charge < -0.3 is 14.9 Å². The summed E-state index contributed by atoms with van der Waals surface area (Å²) in [5.74, 6) is -2.23. The Labute approximate surface area is 89.2 Å². The summed E-state index contributed by atoms with van der Waals surface area (Å²) in [4.78, 5) is 10.4. The van der Waals surface area contributed by atoms with Crippen molar-refractivity contribution in [2.24, 2.45) is 5.73 Å². The zero-order valence-electron chi connectivity index (χ0n) is 8.16. The maximum atomic E-state index is 11.7. The summed E-state index contributed by atoms with van der Waals surface area (Å²) in [7, 11) is 0. The molecule has 1 heterocycles. The quantitative estimate of drug-likeness (QED) is 0.800. The molecule has 0 spiro atoms. The number of rotatable bonds is 4. The molecular weight excluding hydrogens is 227 g/mol. The van der Waals surface area contributed by atoms with Gasteiger partial charge in [0.1, 0.15) is 6.61 Å². The molecule has 7 heteroatoms. The van der Waals surface area contributed by atoms with Crippen molar-refractivity contribution >= 4 is 5.97 Å². The first-order valence-electron chi connectivity index (χ1n) is 4.40. The van der Waals surface area contributed by atoms with Crippen molar-refractivity contribution in [2.45, 2.75) is 18.6 Å². The van der Waals surface area contributed by atoms with Gasteiger partial charge in [0.05, 0.1) is 12.5 Å². The van der Waals surface area contributed by atoms with E-state index in [0.717, 1.165) is 5.56 Å². The van der Waals surface area contributed by atoms with Crippen LogP contribution in [0.25, 0.3) is 0 Å². The van der Waals surface area contributed by atoms with Crippen LogP contribution in [0.2, 0.25) is 0 Å². The molecule has 0 saturated heterocycles. The summed E-state index contributed by atoms with van der Waals surface area (Å²) >= 11 is 0. The van der Waals surface area contributed by atoms with Gasteiger partial charge in [-0.2, -0.15) is 13.2 Å². The normalized spacial score (nSPS) is 13.5. The summed E-state index contributed by atoms with van der Waals surface area (Å²) < 4.78 is 44.0. The van der Waals surface area contributed by atoms with E-state index in [0.29, 0.717) is 0 Å². The molecule has 4 nitrogen and oxygen atoms in total. The molecule has 1 unspecified atom stereocenters. The van der Waals surface area contributed by atoms with Crippen LogP contribution in [-0.2, 0) is 16.0 Å². The fourth-order valence-corrected chi connectivity index (χ4v) is 1.04. The lowest BCUT2D eigenvalue weighted by molar-refractivity contribution is -0.200. The number of hydrogen-bond donors (Lipinski definition) is 1. The molecule has 0 aliphatic heterocycles. The lowest BCUT2D eigenvalue weighted by Crippen LogP contribution is -2.34. The van der Waals surface area contributed by atoms with E-state index in [-0.39, 0.29) is 6.42 Å². The fraction of sp³-hybridized carbons (Fsp3) is 0.444. The Bertz CT molecular complexity index is 334. The van der Waals surface area contributed by atoms with Gasteiger partial charge in [0.15, 0.2) is 0 Å². The summed E-state index contributed by atoms with van der Waals surface area (Å²) in [5.41, 5.74) is 6.20. The second-order valence-electron chi connectivity index (χ2n) is 3.19. The van der Waals surface area contributed by atoms with E-state index in [9.17, 15) is 18.0 Å². The van der Waals surface area contributed by atoms with Crippen LogP contribution in [0.15, 0.2) is 23.0 Å². The Morgan fingerprint density at radius 3 is 2.75 bits per heavy atom. The van der Waals surface area contributed by atoms with Gasteiger partial charge >= 0.3 is 12.1 Å². The Morgan fingerprint density at radius 1 is 1.56 bits per heavy atom. The van der Waals surface area contributed by atoms with E-state index < -0.39 is 24.8 Å². The average Bonchev–Trinajstić information content (AvgIpc) is 2.65. The third kappa shape index (κ3) is 3.93. The van der Waals surface area contributed by atoms with Gasteiger partial charge in [-0.3, -0.25) is 0 Å². The van der Waals surface area contributed by atoms with E-state index in [2.05, 4.69) is 4.74 Å². The number of carbonyl (C=O) groups is 1. The van der Waals surface area contributed by atoms with Crippen LogP contribution >= 0.6 is 0 Å². The summed E-state index contributed by atoms with van der Waals surface area (Å²) in [6, 6.07) is 0.940. The fourth-order valence-electron chi connectivity index (χ4n) is 1.04. The molecule has 0 aliphatic rings. The van der Waals surface area contributed by atoms with Gasteiger partial charge in [-0.05, 0) is 18.1 Å². The molecule has 1 aromatic rings. The molecule has 90 valence electrons. The zero-order valence-corrected chi connectivity index (χ0v) is 8.16. The van der Waals surface area contributed by atoms with Gasteiger partial charge in [0, 0.05) is 6.04 Å². The first-order valence-corrected chi connectivity index (χ1v) is 4.40. The molecule has 1 rings (SSSR count). The highest BCUT2D eigenvalue weighted by Crippen LogP contribution is 2.16. The number of nitrogens with two attached hydrogens (primary N) is 1. The number of ether oxygens (including phenoxy) is 1. The van der Waals surface area contributed by atoms with Crippen LogP contribution in [0, 0.1) is 0 Å². The smallest absolute Gasteiger partial charge is 0.472 e. The number of halogens is 3. The van der Waals surface area contributed by atoms with E-state index in [1.807, 2.05) is 0 Å². The number of alkyl halides is 3. The van der Waals surface area contributed by atoms with E-state index in [4.69, 9.17) is 10.2 Å². The standard InChI is InChI=1S/C9H10F3NO3/c10-9(11,12)8(14)16-5-7(13)3-6-1-2-15-4-6/h1-2,4,7H,3,5,13H2. The first-order chi connectivity index (χ1) is 7.39. The van der Waals surface area contributed by atoms with Crippen LogP contribution in [0.1, 0.15) is 5.56 Å². The van der Waals surface area contributed by atoms with E-state index in [1.54, 1.807) is 6.07 Å². The molecule has 2 N–H and O–H groups in total. The number of furan rings is 1. The Morgan fingerprint density at radius 2 is 2.25 bits per heavy atom. The maximum absolute atomic E-state index is 11.7. The van der Waals surface area contributed by atoms with Crippen molar-refractivity contribution in [3.05, 3.63) is 24.2 Å². The topological polar surface area (TPSA) is 65.5 Å². The van der Waals surface area contributed by atoms with E-state index in [1.165, 1.54) is 12.5 Å². The molecule has 1 atom stereocenters. The molecule has 0 fully saturated rings. The second-order valence-corrected chi connectivity index (χ2v) is 3.19. The molecule has 0 bridgehead atoms. The summed E-state index contributed by atoms with van der Waals surface area (Å²) in [5, 5.41) is 0. The SMILES string of the molecule is NC(COC(=O)C(F)(F)F)Cc1ccoc1. The molecule has 0 radical (unpaired) electrons. The maximum Gasteiger partial charge on any atom is 0.490 e. The minimum absolute atomic E-state index is 0.279. The van der Waals surface area contributed by atoms with Gasteiger partial charge in [0.2, 0.25) is 0 Å². The van der Waals surface area contributed by atoms with Crippen molar-refractivity contribution < 1.29 is 27.1 Å². The van der Waals surface area contributed by atoms with Crippen molar-refractivity contribution in [2.75, 3.05) is 6.61 Å². The minimum Gasteiger partial charge on any atom is -0.472 e. The lowest BCUT2D eigenvalue weighted by Gasteiger charge is -2.12. The highest BCUT2D eigenvalue weighted by atomic mass is 19.4. The van der Waals surface area contributed by atoms with Crippen molar-refractivity contribution in [1.82, 2.24) is 0 Å². The third-order valence-electron chi connectivity index (χ3n) is 1.74. The number of hydrogen-bond acceptors (Lipinski definition) is 4. The molecule has 16 heavy (non-hydrogen) atoms. The summed E-state index contributed by atoms with van der Waals surface area (Å²) in [6.45, 7) is -0.483. The van der Waals surface area contributed by atoms with Gasteiger partial charge in [0.25, 0.3) is 0 Å². The zero-order chi connectivity index (χ0) is 12.2. The third-order valence-corrected chi connectivity index (χ3v) is 1.74. The van der Waals surface area contributed by atoms with Crippen molar-refractivity contribution in [3.63, 3.8) is 0 Å². The van der Waals surface area contributed by atoms with Gasteiger partial charge in [-0.1, -0.05) is 0 Å². The Balaban J connectivity index is 2.31. The first kappa shape index (κ1) is 12.6. The van der Waals surface area contributed by atoms with Crippen LogP contribution in [0.5, 0.6) is 0 Å². The predicted molar refractivity (Wildman–Crippen MR) is 47.4 cm³/mol. The minimum atomic E-state index is -4.98. The molecule has 0 aliphatic carbocycles. The van der Waals surface area contributed by atoms with Crippen LogP contribution < -0.4 is 5.73 Å². The lowest BCUT2D eigenvalue weighted by atomic mass is 10.1. The van der Waals surface area contributed by atoms with Gasteiger partial charge in [-0.15, -0.1) is 0 Å². The van der Waals surface area contributed by atoms with Crippen molar-refractivity contribution in [3.8, 4) is 0 Å². The van der Waals surface area contributed by atoms with Crippen molar-refractivity contribution in [1.29, 1.82) is 0 Å².